The van der Waals surface area contributed by atoms with Crippen LogP contribution >= 0.6 is 0 Å². The van der Waals surface area contributed by atoms with Gasteiger partial charge in [-0.25, -0.2) is 4.79 Å². The van der Waals surface area contributed by atoms with Crippen molar-refractivity contribution in [2.45, 2.75) is 62.9 Å². The van der Waals surface area contributed by atoms with E-state index in [1.165, 1.54) is 5.56 Å². The van der Waals surface area contributed by atoms with Crippen LogP contribution in [0.15, 0.2) is 24.3 Å². The summed E-state index contributed by atoms with van der Waals surface area (Å²) in [7, 11) is 0. The number of piperidine rings is 1. The summed E-state index contributed by atoms with van der Waals surface area (Å²) in [5, 5.41) is 0. The maximum absolute atomic E-state index is 12.9. The summed E-state index contributed by atoms with van der Waals surface area (Å²) in [5.74, 6) is 1.41. The van der Waals surface area contributed by atoms with Crippen molar-refractivity contribution >= 4 is 11.9 Å². The van der Waals surface area contributed by atoms with E-state index in [-0.39, 0.29) is 23.5 Å². The highest BCUT2D eigenvalue weighted by Gasteiger charge is 2.45. The van der Waals surface area contributed by atoms with E-state index in [0.29, 0.717) is 6.42 Å². The second kappa shape index (κ2) is 8.12. The van der Waals surface area contributed by atoms with Gasteiger partial charge >= 0.3 is 6.03 Å². The minimum absolute atomic E-state index is 0.194. The molecule has 6 nitrogen and oxygen atoms in total. The molecule has 5 rings (SSSR count). The van der Waals surface area contributed by atoms with Gasteiger partial charge in [0.1, 0.15) is 11.4 Å². The van der Waals surface area contributed by atoms with Crippen molar-refractivity contribution in [2.75, 3.05) is 39.3 Å². The van der Waals surface area contributed by atoms with E-state index in [1.54, 1.807) is 0 Å². The average molecular weight is 412 g/mol. The zero-order valence-corrected chi connectivity index (χ0v) is 17.9. The Morgan fingerprint density at radius 2 is 1.47 bits per heavy atom. The number of carbonyl (C=O) groups excluding carboxylic acids is 2. The molecule has 4 heterocycles. The lowest BCUT2D eigenvalue weighted by Gasteiger charge is -2.47. The Morgan fingerprint density at radius 1 is 0.867 bits per heavy atom. The molecule has 6 heteroatoms. The molecule has 4 aliphatic rings. The lowest BCUT2D eigenvalue weighted by Crippen LogP contribution is -2.54. The molecule has 0 bridgehead atoms. The van der Waals surface area contributed by atoms with Crippen molar-refractivity contribution in [1.29, 1.82) is 0 Å². The van der Waals surface area contributed by atoms with Crippen LogP contribution in [0.1, 0.15) is 62.8 Å². The molecular weight excluding hydrogens is 378 g/mol. The van der Waals surface area contributed by atoms with Crippen LogP contribution in [0.3, 0.4) is 0 Å². The zero-order chi connectivity index (χ0) is 20.6. The normalized spacial score (nSPS) is 25.3. The zero-order valence-electron chi connectivity index (χ0n) is 17.9. The van der Waals surface area contributed by atoms with Gasteiger partial charge in [0.2, 0.25) is 5.91 Å². The predicted molar refractivity (Wildman–Crippen MR) is 115 cm³/mol. The number of para-hydroxylation sites is 1. The first-order valence-corrected chi connectivity index (χ1v) is 11.7. The molecule has 0 radical (unpaired) electrons. The summed E-state index contributed by atoms with van der Waals surface area (Å²) < 4.78 is 6.57. The first kappa shape index (κ1) is 19.7. The van der Waals surface area contributed by atoms with E-state index < -0.39 is 0 Å². The van der Waals surface area contributed by atoms with E-state index in [2.05, 4.69) is 6.07 Å². The largest absolute Gasteiger partial charge is 0.487 e. The minimum atomic E-state index is -0.258. The topological polar surface area (TPSA) is 53.1 Å². The molecule has 0 aliphatic carbocycles. The molecule has 3 amide bonds. The number of likely N-dealkylation sites (tertiary alicyclic amines) is 3. The molecular formula is C24H33N3O3. The number of ether oxygens (including phenoxy) is 1. The van der Waals surface area contributed by atoms with Crippen LogP contribution in [-0.2, 0) is 4.79 Å². The monoisotopic (exact) mass is 411 g/mol. The third kappa shape index (κ3) is 3.77. The van der Waals surface area contributed by atoms with E-state index >= 15 is 0 Å². The molecule has 1 aromatic rings. The number of benzene rings is 1. The standard InChI is InChI=1S/C24H33N3O3/c28-22(25-11-3-4-12-25)17-19-18-24(30-21-8-2-1-7-20(19)21)9-15-27(16-10-24)23(29)26-13-5-6-14-26/h1-2,7-8,19H,3-6,9-18H2/t19-/m1/s1. The SMILES string of the molecule is O=C(C[C@@H]1CC2(CCN(C(=O)N3CCCC3)CC2)Oc2ccccc21)N1CCCC1. The summed E-state index contributed by atoms with van der Waals surface area (Å²) in [6.45, 7) is 5.08. The number of nitrogens with zero attached hydrogens (tertiary/aromatic N) is 3. The Kier molecular flexibility index (Phi) is 5.34. The Morgan fingerprint density at radius 3 is 2.17 bits per heavy atom. The van der Waals surface area contributed by atoms with E-state index in [0.717, 1.165) is 90.0 Å². The number of fused-ring (bicyclic) bond motifs is 1. The van der Waals surface area contributed by atoms with Gasteiger partial charge in [-0.1, -0.05) is 18.2 Å². The molecule has 0 saturated carbocycles. The fourth-order valence-corrected chi connectivity index (χ4v) is 5.75. The fourth-order valence-electron chi connectivity index (χ4n) is 5.75. The van der Waals surface area contributed by atoms with Crippen molar-refractivity contribution in [3.63, 3.8) is 0 Å². The molecule has 3 saturated heterocycles. The molecule has 0 aromatic heterocycles. The van der Waals surface area contributed by atoms with Gasteiger partial charge in [0.25, 0.3) is 0 Å². The highest BCUT2D eigenvalue weighted by Crippen LogP contribution is 2.46. The minimum Gasteiger partial charge on any atom is -0.487 e. The highest BCUT2D eigenvalue weighted by molar-refractivity contribution is 5.77. The summed E-state index contributed by atoms with van der Waals surface area (Å²) in [4.78, 5) is 31.7. The Hall–Kier alpha value is -2.24. The predicted octanol–water partition coefficient (Wildman–Crippen LogP) is 3.62. The van der Waals surface area contributed by atoms with Gasteiger partial charge in [0, 0.05) is 64.4 Å². The van der Waals surface area contributed by atoms with Gasteiger partial charge in [-0.2, -0.15) is 0 Å². The molecule has 0 N–H and O–H groups in total. The molecule has 30 heavy (non-hydrogen) atoms. The fraction of sp³-hybridized carbons (Fsp3) is 0.667. The lowest BCUT2D eigenvalue weighted by molar-refractivity contribution is -0.131. The Bertz CT molecular complexity index is 791. The molecule has 4 aliphatic heterocycles. The second-order valence-corrected chi connectivity index (χ2v) is 9.48. The van der Waals surface area contributed by atoms with Gasteiger partial charge in [0.15, 0.2) is 0 Å². The molecule has 1 aromatic carbocycles. The van der Waals surface area contributed by atoms with E-state index in [4.69, 9.17) is 4.74 Å². The third-order valence-corrected chi connectivity index (χ3v) is 7.51. The van der Waals surface area contributed by atoms with Crippen molar-refractivity contribution in [1.82, 2.24) is 14.7 Å². The summed E-state index contributed by atoms with van der Waals surface area (Å²) >= 11 is 0. The number of amides is 3. The van der Waals surface area contributed by atoms with Gasteiger partial charge in [-0.05, 0) is 43.7 Å². The van der Waals surface area contributed by atoms with Crippen LogP contribution in [0.2, 0.25) is 0 Å². The van der Waals surface area contributed by atoms with Crippen LogP contribution < -0.4 is 4.74 Å². The van der Waals surface area contributed by atoms with Crippen LogP contribution in [0, 0.1) is 0 Å². The Balaban J connectivity index is 1.29. The maximum atomic E-state index is 12.9. The number of rotatable bonds is 2. The van der Waals surface area contributed by atoms with Gasteiger partial charge in [-0.15, -0.1) is 0 Å². The molecule has 1 spiro atoms. The first-order valence-electron chi connectivity index (χ1n) is 11.7. The third-order valence-electron chi connectivity index (χ3n) is 7.51. The van der Waals surface area contributed by atoms with Crippen LogP contribution in [0.25, 0.3) is 0 Å². The highest BCUT2D eigenvalue weighted by atomic mass is 16.5. The number of hydrogen-bond donors (Lipinski definition) is 0. The average Bonchev–Trinajstić information content (AvgIpc) is 3.48. The quantitative estimate of drug-likeness (QED) is 0.747. The summed E-state index contributed by atoms with van der Waals surface area (Å²) in [6.07, 6.45) is 7.62. The van der Waals surface area contributed by atoms with Crippen molar-refractivity contribution in [2.24, 2.45) is 0 Å². The Labute approximate surface area is 179 Å². The molecule has 162 valence electrons. The maximum Gasteiger partial charge on any atom is 0.320 e. The van der Waals surface area contributed by atoms with Gasteiger partial charge < -0.3 is 19.4 Å². The number of carbonyl (C=O) groups is 2. The molecule has 3 fully saturated rings. The van der Waals surface area contributed by atoms with E-state index in [1.807, 2.05) is 32.9 Å². The van der Waals surface area contributed by atoms with Crippen LogP contribution in [-0.4, -0.2) is 71.5 Å². The lowest BCUT2D eigenvalue weighted by atomic mass is 9.76. The molecule has 0 unspecified atom stereocenters. The van der Waals surface area contributed by atoms with Gasteiger partial charge in [0.05, 0.1) is 0 Å². The van der Waals surface area contributed by atoms with Crippen LogP contribution in [0.4, 0.5) is 4.79 Å². The van der Waals surface area contributed by atoms with Crippen LogP contribution in [0.5, 0.6) is 5.75 Å². The number of hydrogen-bond acceptors (Lipinski definition) is 3. The smallest absolute Gasteiger partial charge is 0.320 e. The molecule has 1 atom stereocenters. The summed E-state index contributed by atoms with van der Waals surface area (Å²) in [6, 6.07) is 8.43. The second-order valence-electron chi connectivity index (χ2n) is 9.48. The van der Waals surface area contributed by atoms with Crippen molar-refractivity contribution in [3.05, 3.63) is 29.8 Å². The van der Waals surface area contributed by atoms with Crippen molar-refractivity contribution < 1.29 is 14.3 Å². The number of urea groups is 1. The van der Waals surface area contributed by atoms with Crippen molar-refractivity contribution in [3.8, 4) is 5.75 Å². The van der Waals surface area contributed by atoms with E-state index in [9.17, 15) is 9.59 Å². The summed E-state index contributed by atoms with van der Waals surface area (Å²) in [5.41, 5.74) is 0.915. The first-order chi connectivity index (χ1) is 14.6. The van der Waals surface area contributed by atoms with Gasteiger partial charge in [-0.3, -0.25) is 4.79 Å².